The van der Waals surface area contributed by atoms with Crippen LogP contribution in [-0.4, -0.2) is 43.5 Å². The lowest BCUT2D eigenvalue weighted by Crippen LogP contribution is -2.40. The van der Waals surface area contributed by atoms with Crippen molar-refractivity contribution in [3.8, 4) is 11.5 Å². The third-order valence-corrected chi connectivity index (χ3v) is 6.70. The molecular weight excluding hydrogens is 466 g/mol. The lowest BCUT2D eigenvalue weighted by atomic mass is 9.87. The number of esters is 1. The average molecular weight is 498 g/mol. The summed E-state index contributed by atoms with van der Waals surface area (Å²) in [5.41, 5.74) is 2.80. The quantitative estimate of drug-likeness (QED) is 0.237. The molecule has 1 aliphatic rings. The summed E-state index contributed by atoms with van der Waals surface area (Å²) in [7, 11) is 0. The van der Waals surface area contributed by atoms with Gasteiger partial charge in [-0.05, 0) is 77.3 Å². The largest absolute Gasteiger partial charge is 0.508 e. The van der Waals surface area contributed by atoms with Crippen LogP contribution in [0.3, 0.4) is 0 Å². The molecular formula is C31H31NO5. The third kappa shape index (κ3) is 6.47. The molecule has 0 amide bonds. The predicted molar refractivity (Wildman–Crippen MR) is 143 cm³/mol. The van der Waals surface area contributed by atoms with Crippen LogP contribution in [0.1, 0.15) is 33.8 Å². The summed E-state index contributed by atoms with van der Waals surface area (Å²) in [5, 5.41) is 15.3. The molecule has 1 heterocycles. The van der Waals surface area contributed by atoms with E-state index in [4.69, 9.17) is 14.2 Å². The number of aromatic hydroxyl groups is 1. The number of phenols is 1. The first-order chi connectivity index (χ1) is 18.2. The zero-order chi connectivity index (χ0) is 25.5. The van der Waals surface area contributed by atoms with E-state index in [1.807, 2.05) is 12.1 Å². The maximum atomic E-state index is 12.0. The maximum Gasteiger partial charge on any atom is 0.338 e. The molecule has 2 atom stereocenters. The van der Waals surface area contributed by atoms with Crippen molar-refractivity contribution in [1.82, 2.24) is 5.32 Å². The lowest BCUT2D eigenvalue weighted by Gasteiger charge is -2.32. The Hall–Kier alpha value is -3.87. The Labute approximate surface area is 216 Å². The number of rotatable bonds is 9. The molecule has 6 nitrogen and oxygen atoms in total. The van der Waals surface area contributed by atoms with Crippen molar-refractivity contribution in [3.63, 3.8) is 0 Å². The van der Waals surface area contributed by atoms with E-state index in [0.29, 0.717) is 18.1 Å². The van der Waals surface area contributed by atoms with Crippen molar-refractivity contribution in [2.45, 2.75) is 25.0 Å². The average Bonchev–Trinajstić information content (AvgIpc) is 2.95. The molecule has 6 heteroatoms. The molecule has 2 N–H and O–H groups in total. The molecule has 5 rings (SSSR count). The van der Waals surface area contributed by atoms with Gasteiger partial charge in [0, 0.05) is 12.5 Å². The third-order valence-electron chi connectivity index (χ3n) is 6.70. The zero-order valence-corrected chi connectivity index (χ0v) is 20.6. The zero-order valence-electron chi connectivity index (χ0n) is 20.6. The summed E-state index contributed by atoms with van der Waals surface area (Å²) < 4.78 is 17.4. The molecule has 0 bridgehead atoms. The minimum Gasteiger partial charge on any atom is -0.508 e. The normalized spacial score (nSPS) is 17.4. The first-order valence-corrected chi connectivity index (χ1v) is 12.6. The molecule has 1 saturated heterocycles. The van der Waals surface area contributed by atoms with Crippen molar-refractivity contribution in [1.29, 1.82) is 0 Å². The number of fused-ring (bicyclic) bond motifs is 1. The topological polar surface area (TPSA) is 77.0 Å². The summed E-state index contributed by atoms with van der Waals surface area (Å²) in [4.78, 5) is 12.0. The fourth-order valence-electron chi connectivity index (χ4n) is 4.70. The summed E-state index contributed by atoms with van der Waals surface area (Å²) in [6, 6.07) is 28.9. The number of ether oxygens (including phenoxy) is 3. The smallest absolute Gasteiger partial charge is 0.338 e. The molecule has 1 aliphatic heterocycles. The van der Waals surface area contributed by atoms with E-state index in [9.17, 15) is 9.90 Å². The first kappa shape index (κ1) is 24.8. The second-order valence-corrected chi connectivity index (χ2v) is 9.23. The van der Waals surface area contributed by atoms with Crippen LogP contribution in [-0.2, 0) is 16.1 Å². The van der Waals surface area contributed by atoms with Crippen LogP contribution in [0, 0.1) is 0 Å². The Morgan fingerprint density at radius 2 is 1.68 bits per heavy atom. The SMILES string of the molecule is O=C(OCCOc1ccc(C2CCNCC2OCc2ccc3ccccc3c2)cc1)c1ccc(O)cc1. The Balaban J connectivity index is 1.12. The van der Waals surface area contributed by atoms with Crippen LogP contribution in [0.5, 0.6) is 11.5 Å². The van der Waals surface area contributed by atoms with E-state index < -0.39 is 5.97 Å². The van der Waals surface area contributed by atoms with Gasteiger partial charge in [0.1, 0.15) is 24.7 Å². The van der Waals surface area contributed by atoms with Crippen LogP contribution < -0.4 is 10.1 Å². The van der Waals surface area contributed by atoms with Gasteiger partial charge in [0.2, 0.25) is 0 Å². The Kier molecular flexibility index (Phi) is 7.99. The number of hydrogen-bond donors (Lipinski definition) is 2. The summed E-state index contributed by atoms with van der Waals surface area (Å²) in [5.74, 6) is 0.698. The van der Waals surface area contributed by atoms with E-state index >= 15 is 0 Å². The van der Waals surface area contributed by atoms with Gasteiger partial charge in [-0.2, -0.15) is 0 Å². The Morgan fingerprint density at radius 3 is 2.49 bits per heavy atom. The first-order valence-electron chi connectivity index (χ1n) is 12.6. The second-order valence-electron chi connectivity index (χ2n) is 9.23. The molecule has 2 unspecified atom stereocenters. The van der Waals surface area contributed by atoms with Gasteiger partial charge in [0.05, 0.1) is 18.3 Å². The van der Waals surface area contributed by atoms with Crippen LogP contribution in [0.15, 0.2) is 91.0 Å². The predicted octanol–water partition coefficient (Wildman–Crippen LogP) is 5.44. The van der Waals surface area contributed by atoms with Gasteiger partial charge in [-0.1, -0.05) is 48.5 Å². The van der Waals surface area contributed by atoms with E-state index in [1.165, 1.54) is 46.2 Å². The van der Waals surface area contributed by atoms with Gasteiger partial charge in [-0.15, -0.1) is 0 Å². The minimum absolute atomic E-state index is 0.0892. The molecule has 0 saturated carbocycles. The van der Waals surface area contributed by atoms with Crippen molar-refractivity contribution >= 4 is 16.7 Å². The summed E-state index contributed by atoms with van der Waals surface area (Å²) >= 11 is 0. The van der Waals surface area contributed by atoms with Gasteiger partial charge in [-0.3, -0.25) is 0 Å². The van der Waals surface area contributed by atoms with Crippen molar-refractivity contribution in [3.05, 3.63) is 108 Å². The lowest BCUT2D eigenvalue weighted by molar-refractivity contribution is 0.0106. The van der Waals surface area contributed by atoms with E-state index in [2.05, 4.69) is 59.9 Å². The Bertz CT molecular complexity index is 1320. The summed E-state index contributed by atoms with van der Waals surface area (Å²) in [6.07, 6.45) is 1.10. The van der Waals surface area contributed by atoms with Crippen molar-refractivity contribution in [2.24, 2.45) is 0 Å². The van der Waals surface area contributed by atoms with Crippen molar-refractivity contribution in [2.75, 3.05) is 26.3 Å². The molecule has 4 aromatic carbocycles. The van der Waals surface area contributed by atoms with Gasteiger partial charge in [0.25, 0.3) is 0 Å². The molecule has 0 radical (unpaired) electrons. The number of nitrogens with one attached hydrogen (secondary N) is 1. The number of hydrogen-bond acceptors (Lipinski definition) is 6. The van der Waals surface area contributed by atoms with Crippen molar-refractivity contribution < 1.29 is 24.1 Å². The number of carbonyl (C=O) groups is 1. The van der Waals surface area contributed by atoms with E-state index in [0.717, 1.165) is 25.3 Å². The summed E-state index contributed by atoms with van der Waals surface area (Å²) in [6.45, 7) is 2.76. The van der Waals surface area contributed by atoms with Crippen LogP contribution in [0.25, 0.3) is 10.8 Å². The fraction of sp³-hybridized carbons (Fsp3) is 0.258. The second kappa shape index (κ2) is 11.9. The maximum absolute atomic E-state index is 12.0. The molecule has 4 aromatic rings. The van der Waals surface area contributed by atoms with E-state index in [1.54, 1.807) is 0 Å². The highest BCUT2D eigenvalue weighted by molar-refractivity contribution is 5.89. The molecule has 37 heavy (non-hydrogen) atoms. The number of benzene rings is 4. The molecule has 0 spiro atoms. The number of piperidine rings is 1. The Morgan fingerprint density at radius 1 is 0.892 bits per heavy atom. The molecule has 0 aliphatic carbocycles. The highest BCUT2D eigenvalue weighted by atomic mass is 16.6. The molecule has 1 fully saturated rings. The van der Waals surface area contributed by atoms with Crippen LogP contribution >= 0.6 is 0 Å². The fourth-order valence-corrected chi connectivity index (χ4v) is 4.70. The number of phenolic OH excluding ortho intramolecular Hbond substituents is 1. The van der Waals surface area contributed by atoms with Gasteiger partial charge >= 0.3 is 5.97 Å². The molecule has 0 aromatic heterocycles. The standard InChI is InChI=1S/C31H31NO5/c33-27-11-7-25(8-12-27)31(34)36-18-17-35-28-13-9-24(10-14-28)29-15-16-32-20-30(29)37-21-22-5-6-23-3-1-2-4-26(23)19-22/h1-14,19,29-30,32-33H,15-18,20-21H2. The molecule has 190 valence electrons. The van der Waals surface area contributed by atoms with E-state index in [-0.39, 0.29) is 25.1 Å². The number of carbonyl (C=O) groups excluding carboxylic acids is 1. The van der Waals surface area contributed by atoms with Gasteiger partial charge < -0.3 is 24.6 Å². The monoisotopic (exact) mass is 497 g/mol. The minimum atomic E-state index is -0.445. The highest BCUT2D eigenvalue weighted by Gasteiger charge is 2.27. The van der Waals surface area contributed by atoms with Gasteiger partial charge in [0.15, 0.2) is 0 Å². The van der Waals surface area contributed by atoms with Gasteiger partial charge in [-0.25, -0.2) is 4.79 Å². The van der Waals surface area contributed by atoms with Crippen LogP contribution in [0.4, 0.5) is 0 Å². The highest BCUT2D eigenvalue weighted by Crippen LogP contribution is 2.30. The van der Waals surface area contributed by atoms with Crippen LogP contribution in [0.2, 0.25) is 0 Å².